The van der Waals surface area contributed by atoms with Crippen molar-refractivity contribution in [1.82, 2.24) is 0 Å². The molecule has 98 valence electrons. The van der Waals surface area contributed by atoms with Crippen LogP contribution in [0.4, 0.5) is 0 Å². The summed E-state index contributed by atoms with van der Waals surface area (Å²) < 4.78 is 0. The second-order valence-electron chi connectivity index (χ2n) is 4.80. The minimum Gasteiger partial charge on any atom is -0.478 e. The van der Waals surface area contributed by atoms with E-state index < -0.39 is 5.97 Å². The van der Waals surface area contributed by atoms with Crippen molar-refractivity contribution in [3.63, 3.8) is 0 Å². The number of carboxylic acids is 1. The number of benzene rings is 2. The highest BCUT2D eigenvalue weighted by molar-refractivity contribution is 5.96. The molecule has 0 aliphatic rings. The third kappa shape index (κ3) is 3.02. The van der Waals surface area contributed by atoms with Crippen LogP contribution in [0.5, 0.6) is 0 Å². The molecule has 2 aromatic carbocycles. The summed E-state index contributed by atoms with van der Waals surface area (Å²) in [6, 6.07) is 13.6. The molecule has 0 fully saturated rings. The van der Waals surface area contributed by atoms with Gasteiger partial charge in [-0.15, -0.1) is 0 Å². The molecule has 2 aromatic rings. The van der Waals surface area contributed by atoms with E-state index in [0.29, 0.717) is 5.56 Å². The van der Waals surface area contributed by atoms with Gasteiger partial charge in [-0.1, -0.05) is 55.3 Å². The number of carboxylic acid groups (broad SMARTS) is 1. The van der Waals surface area contributed by atoms with E-state index in [4.69, 9.17) is 0 Å². The van der Waals surface area contributed by atoms with Gasteiger partial charge in [0.05, 0.1) is 5.56 Å². The number of aryl methyl sites for hydroxylation is 2. The quantitative estimate of drug-likeness (QED) is 0.882. The van der Waals surface area contributed by atoms with Crippen LogP contribution in [-0.2, 0) is 6.42 Å². The van der Waals surface area contributed by atoms with Crippen molar-refractivity contribution < 1.29 is 9.90 Å². The highest BCUT2D eigenvalue weighted by Crippen LogP contribution is 2.26. The molecule has 0 aromatic heterocycles. The van der Waals surface area contributed by atoms with Crippen molar-refractivity contribution in [2.24, 2.45) is 0 Å². The molecule has 0 amide bonds. The maximum atomic E-state index is 11.3. The topological polar surface area (TPSA) is 37.3 Å². The Morgan fingerprint density at radius 2 is 1.95 bits per heavy atom. The summed E-state index contributed by atoms with van der Waals surface area (Å²) in [6.45, 7) is 4.12. The van der Waals surface area contributed by atoms with Gasteiger partial charge in [-0.3, -0.25) is 0 Å². The summed E-state index contributed by atoms with van der Waals surface area (Å²) in [5.74, 6) is -0.879. The molecular formula is C17H18O2. The summed E-state index contributed by atoms with van der Waals surface area (Å²) >= 11 is 0. The maximum absolute atomic E-state index is 11.3. The van der Waals surface area contributed by atoms with Crippen molar-refractivity contribution in [1.29, 1.82) is 0 Å². The van der Waals surface area contributed by atoms with Crippen LogP contribution in [0, 0.1) is 6.92 Å². The zero-order chi connectivity index (χ0) is 13.8. The SMILES string of the molecule is CCCc1cccc(-c2cc(C)ccc2C(=O)O)c1. The Labute approximate surface area is 113 Å². The van der Waals surface area contributed by atoms with Crippen LogP contribution < -0.4 is 0 Å². The van der Waals surface area contributed by atoms with E-state index >= 15 is 0 Å². The molecule has 2 rings (SSSR count). The van der Waals surface area contributed by atoms with Gasteiger partial charge in [-0.2, -0.15) is 0 Å². The average Bonchev–Trinajstić information content (AvgIpc) is 2.39. The highest BCUT2D eigenvalue weighted by atomic mass is 16.4. The molecular weight excluding hydrogens is 236 g/mol. The van der Waals surface area contributed by atoms with Crippen LogP contribution in [0.1, 0.15) is 34.8 Å². The van der Waals surface area contributed by atoms with Crippen molar-refractivity contribution in [3.05, 3.63) is 59.2 Å². The largest absolute Gasteiger partial charge is 0.478 e. The molecule has 0 radical (unpaired) electrons. The van der Waals surface area contributed by atoms with Gasteiger partial charge in [-0.25, -0.2) is 4.79 Å². The molecule has 0 bridgehead atoms. The van der Waals surface area contributed by atoms with E-state index in [9.17, 15) is 9.90 Å². The summed E-state index contributed by atoms with van der Waals surface area (Å²) in [6.07, 6.45) is 2.10. The van der Waals surface area contributed by atoms with Gasteiger partial charge < -0.3 is 5.11 Å². The monoisotopic (exact) mass is 254 g/mol. The minimum atomic E-state index is -0.879. The zero-order valence-electron chi connectivity index (χ0n) is 11.3. The first-order valence-electron chi connectivity index (χ1n) is 6.55. The van der Waals surface area contributed by atoms with Crippen molar-refractivity contribution >= 4 is 5.97 Å². The van der Waals surface area contributed by atoms with Gasteiger partial charge in [0.15, 0.2) is 0 Å². The fourth-order valence-corrected chi connectivity index (χ4v) is 2.27. The molecule has 0 aliphatic carbocycles. The average molecular weight is 254 g/mol. The lowest BCUT2D eigenvalue weighted by Gasteiger charge is -2.09. The third-order valence-corrected chi connectivity index (χ3v) is 3.18. The second-order valence-corrected chi connectivity index (χ2v) is 4.80. The van der Waals surface area contributed by atoms with Crippen LogP contribution in [0.2, 0.25) is 0 Å². The lowest BCUT2D eigenvalue weighted by Crippen LogP contribution is -2.00. The Morgan fingerprint density at radius 1 is 1.16 bits per heavy atom. The smallest absolute Gasteiger partial charge is 0.336 e. The molecule has 0 spiro atoms. The van der Waals surface area contributed by atoms with Crippen molar-refractivity contribution in [2.45, 2.75) is 26.7 Å². The lowest BCUT2D eigenvalue weighted by atomic mass is 9.95. The predicted octanol–water partition coefficient (Wildman–Crippen LogP) is 4.31. The maximum Gasteiger partial charge on any atom is 0.336 e. The van der Waals surface area contributed by atoms with E-state index in [1.54, 1.807) is 6.07 Å². The number of hydrogen-bond acceptors (Lipinski definition) is 1. The Kier molecular flexibility index (Phi) is 4.00. The van der Waals surface area contributed by atoms with Crippen molar-refractivity contribution in [2.75, 3.05) is 0 Å². The summed E-state index contributed by atoms with van der Waals surface area (Å²) in [5, 5.41) is 9.29. The molecule has 2 nitrogen and oxygen atoms in total. The number of rotatable bonds is 4. The molecule has 19 heavy (non-hydrogen) atoms. The third-order valence-electron chi connectivity index (χ3n) is 3.18. The molecule has 0 heterocycles. The first kappa shape index (κ1) is 13.3. The van der Waals surface area contributed by atoms with E-state index in [1.807, 2.05) is 31.2 Å². The van der Waals surface area contributed by atoms with Crippen LogP contribution >= 0.6 is 0 Å². The van der Waals surface area contributed by atoms with E-state index in [-0.39, 0.29) is 0 Å². The fraction of sp³-hybridized carbons (Fsp3) is 0.235. The fourth-order valence-electron chi connectivity index (χ4n) is 2.27. The summed E-state index contributed by atoms with van der Waals surface area (Å²) in [7, 11) is 0. The molecule has 0 aliphatic heterocycles. The summed E-state index contributed by atoms with van der Waals surface area (Å²) in [4.78, 5) is 11.3. The number of aromatic carboxylic acids is 1. The normalized spacial score (nSPS) is 10.4. The Hall–Kier alpha value is -2.09. The minimum absolute atomic E-state index is 0.360. The van der Waals surface area contributed by atoms with E-state index in [1.165, 1.54) is 5.56 Å². The number of carbonyl (C=O) groups is 1. The molecule has 1 N–H and O–H groups in total. The zero-order valence-corrected chi connectivity index (χ0v) is 11.3. The Bertz CT molecular complexity index is 600. The van der Waals surface area contributed by atoms with E-state index in [0.717, 1.165) is 29.5 Å². The first-order valence-corrected chi connectivity index (χ1v) is 6.55. The van der Waals surface area contributed by atoms with Crippen LogP contribution in [-0.4, -0.2) is 11.1 Å². The molecule has 2 heteroatoms. The van der Waals surface area contributed by atoms with Gasteiger partial charge in [0.2, 0.25) is 0 Å². The highest BCUT2D eigenvalue weighted by Gasteiger charge is 2.11. The molecule has 0 atom stereocenters. The molecule has 0 saturated heterocycles. The van der Waals surface area contributed by atoms with Crippen LogP contribution in [0.15, 0.2) is 42.5 Å². The van der Waals surface area contributed by atoms with Crippen LogP contribution in [0.25, 0.3) is 11.1 Å². The molecule has 0 unspecified atom stereocenters. The van der Waals surface area contributed by atoms with Gasteiger partial charge in [0.25, 0.3) is 0 Å². The number of hydrogen-bond donors (Lipinski definition) is 1. The standard InChI is InChI=1S/C17H18O2/c1-3-5-13-6-4-7-14(11-13)16-10-12(2)8-9-15(16)17(18)19/h4,6-11H,3,5H2,1-2H3,(H,18,19). The lowest BCUT2D eigenvalue weighted by molar-refractivity contribution is 0.0697. The Morgan fingerprint density at radius 3 is 2.63 bits per heavy atom. The van der Waals surface area contributed by atoms with Gasteiger partial charge in [-0.05, 0) is 36.1 Å². The van der Waals surface area contributed by atoms with Crippen molar-refractivity contribution in [3.8, 4) is 11.1 Å². The predicted molar refractivity (Wildman–Crippen MR) is 77.6 cm³/mol. The van der Waals surface area contributed by atoms with Gasteiger partial charge in [0, 0.05) is 0 Å². The van der Waals surface area contributed by atoms with Gasteiger partial charge in [0.1, 0.15) is 0 Å². The van der Waals surface area contributed by atoms with Gasteiger partial charge >= 0.3 is 5.97 Å². The summed E-state index contributed by atoms with van der Waals surface area (Å²) in [5.41, 5.74) is 4.45. The second kappa shape index (κ2) is 5.70. The van der Waals surface area contributed by atoms with Crippen LogP contribution in [0.3, 0.4) is 0 Å². The molecule has 0 saturated carbocycles. The first-order chi connectivity index (χ1) is 9.11. The Balaban J connectivity index is 2.54. The van der Waals surface area contributed by atoms with E-state index in [2.05, 4.69) is 19.1 Å².